The molecule has 29 heavy (non-hydrogen) atoms. The number of anilines is 1. The highest BCUT2D eigenvalue weighted by Crippen LogP contribution is 2.40. The van der Waals surface area contributed by atoms with Gasteiger partial charge < -0.3 is 4.74 Å². The maximum Gasteiger partial charge on any atom is 0.416 e. The smallest absolute Gasteiger partial charge is 0.416 e. The Hall–Kier alpha value is -2.40. The second-order valence-corrected chi connectivity index (χ2v) is 9.11. The Labute approximate surface area is 173 Å². The van der Waals surface area contributed by atoms with Crippen LogP contribution in [0.25, 0.3) is 0 Å². The van der Waals surface area contributed by atoms with Crippen molar-refractivity contribution >= 4 is 11.9 Å². The molecule has 1 aliphatic heterocycles. The van der Waals surface area contributed by atoms with Gasteiger partial charge in [-0.1, -0.05) is 36.4 Å². The van der Waals surface area contributed by atoms with Crippen LogP contribution in [0.15, 0.2) is 48.7 Å². The number of carbonyl (C=O) groups is 1. The van der Waals surface area contributed by atoms with Crippen LogP contribution < -0.4 is 4.90 Å². The van der Waals surface area contributed by atoms with Crippen molar-refractivity contribution in [3.05, 3.63) is 59.8 Å². The number of amides is 1. The maximum atomic E-state index is 13.0. The summed E-state index contributed by atoms with van der Waals surface area (Å²) in [5.74, 6) is 0.772. The van der Waals surface area contributed by atoms with Gasteiger partial charge >= 0.3 is 6.09 Å². The molecule has 2 aromatic rings. The standard InChI is InChI=1S/C24H31N3O2/c1-24(2,3)29-23(28)27(19-13-14-19)22-20(11-7-15-25-22)21-12-8-16-26(21)17-18-9-5-4-6-10-18/h4-7,9-11,15,19,21H,8,12-14,16-17H2,1-3H3/t21-/m0/s1. The van der Waals surface area contributed by atoms with Crippen molar-refractivity contribution in [2.75, 3.05) is 11.4 Å². The van der Waals surface area contributed by atoms with Crippen molar-refractivity contribution in [3.63, 3.8) is 0 Å². The third-order valence-electron chi connectivity index (χ3n) is 5.50. The molecule has 154 valence electrons. The Morgan fingerprint density at radius 1 is 1.14 bits per heavy atom. The van der Waals surface area contributed by atoms with Gasteiger partial charge in [0.25, 0.3) is 0 Å². The Morgan fingerprint density at radius 2 is 1.90 bits per heavy atom. The van der Waals surface area contributed by atoms with E-state index in [9.17, 15) is 4.79 Å². The molecule has 2 heterocycles. The average Bonchev–Trinajstić information content (AvgIpc) is 3.40. The van der Waals surface area contributed by atoms with E-state index in [4.69, 9.17) is 4.74 Å². The van der Waals surface area contributed by atoms with Gasteiger partial charge in [0.05, 0.1) is 0 Å². The van der Waals surface area contributed by atoms with Crippen LogP contribution in [-0.2, 0) is 11.3 Å². The monoisotopic (exact) mass is 393 g/mol. The van der Waals surface area contributed by atoms with Crippen molar-refractivity contribution in [1.29, 1.82) is 0 Å². The molecule has 1 saturated heterocycles. The summed E-state index contributed by atoms with van der Waals surface area (Å²) in [6.07, 6.45) is 5.75. The summed E-state index contributed by atoms with van der Waals surface area (Å²) >= 11 is 0. The highest BCUT2D eigenvalue weighted by Gasteiger charge is 2.40. The maximum absolute atomic E-state index is 13.0. The van der Waals surface area contributed by atoms with Crippen molar-refractivity contribution in [2.24, 2.45) is 0 Å². The van der Waals surface area contributed by atoms with Crippen LogP contribution in [0, 0.1) is 0 Å². The van der Waals surface area contributed by atoms with Gasteiger partial charge in [-0.3, -0.25) is 9.80 Å². The number of benzene rings is 1. The van der Waals surface area contributed by atoms with Gasteiger partial charge in [0.15, 0.2) is 0 Å². The number of rotatable bonds is 5. The summed E-state index contributed by atoms with van der Waals surface area (Å²) in [4.78, 5) is 22.0. The molecule has 4 rings (SSSR count). The van der Waals surface area contributed by atoms with Gasteiger partial charge in [-0.2, -0.15) is 0 Å². The Bertz CT molecular complexity index is 843. The van der Waals surface area contributed by atoms with Crippen molar-refractivity contribution in [3.8, 4) is 0 Å². The van der Waals surface area contributed by atoms with Crippen molar-refractivity contribution in [1.82, 2.24) is 9.88 Å². The van der Waals surface area contributed by atoms with Gasteiger partial charge in [-0.05, 0) is 64.6 Å². The van der Waals surface area contributed by atoms with Gasteiger partial charge in [-0.15, -0.1) is 0 Å². The van der Waals surface area contributed by atoms with Gasteiger partial charge in [0.1, 0.15) is 11.4 Å². The van der Waals surface area contributed by atoms with Crippen LogP contribution in [0.1, 0.15) is 63.6 Å². The number of carbonyl (C=O) groups excluding carboxylic acids is 1. The third-order valence-corrected chi connectivity index (χ3v) is 5.50. The molecule has 1 aromatic carbocycles. The highest BCUT2D eigenvalue weighted by atomic mass is 16.6. The molecule has 5 nitrogen and oxygen atoms in total. The topological polar surface area (TPSA) is 45.7 Å². The lowest BCUT2D eigenvalue weighted by Gasteiger charge is -2.31. The first-order chi connectivity index (χ1) is 13.9. The lowest BCUT2D eigenvalue weighted by atomic mass is 10.0. The van der Waals surface area contributed by atoms with E-state index in [1.807, 2.05) is 26.8 Å². The van der Waals surface area contributed by atoms with Crippen molar-refractivity contribution < 1.29 is 9.53 Å². The first kappa shape index (κ1) is 19.9. The fourth-order valence-corrected chi connectivity index (χ4v) is 4.11. The Morgan fingerprint density at radius 3 is 2.59 bits per heavy atom. The minimum absolute atomic E-state index is 0.197. The largest absolute Gasteiger partial charge is 0.443 e. The second-order valence-electron chi connectivity index (χ2n) is 9.11. The minimum atomic E-state index is -0.522. The molecule has 5 heteroatoms. The fourth-order valence-electron chi connectivity index (χ4n) is 4.11. The zero-order valence-corrected chi connectivity index (χ0v) is 17.7. The van der Waals surface area contributed by atoms with E-state index in [-0.39, 0.29) is 18.2 Å². The first-order valence-electron chi connectivity index (χ1n) is 10.7. The van der Waals surface area contributed by atoms with Crippen LogP contribution in [0.3, 0.4) is 0 Å². The summed E-state index contributed by atoms with van der Waals surface area (Å²) < 4.78 is 5.73. The number of aromatic nitrogens is 1. The van der Waals surface area contributed by atoms with Gasteiger partial charge in [0.2, 0.25) is 0 Å². The quantitative estimate of drug-likeness (QED) is 0.689. The van der Waals surface area contributed by atoms with E-state index >= 15 is 0 Å². The van der Waals surface area contributed by atoms with E-state index in [0.717, 1.165) is 50.2 Å². The molecule has 1 aliphatic carbocycles. The predicted octanol–water partition coefficient (Wildman–Crippen LogP) is 5.32. The molecule has 0 bridgehead atoms. The third kappa shape index (κ3) is 4.78. The lowest BCUT2D eigenvalue weighted by molar-refractivity contribution is 0.0576. The SMILES string of the molecule is CC(C)(C)OC(=O)N(c1ncccc1[C@@H]1CCCN1Cc1ccccc1)C1CC1. The molecular formula is C24H31N3O2. The summed E-state index contributed by atoms with van der Waals surface area (Å²) in [6.45, 7) is 7.70. The summed E-state index contributed by atoms with van der Waals surface area (Å²) in [5, 5.41) is 0. The normalized spacial score (nSPS) is 19.9. The first-order valence-corrected chi connectivity index (χ1v) is 10.7. The molecule has 1 saturated carbocycles. The fraction of sp³-hybridized carbons (Fsp3) is 0.500. The molecule has 2 fully saturated rings. The van der Waals surface area contributed by atoms with Crippen LogP contribution in [0.2, 0.25) is 0 Å². The van der Waals surface area contributed by atoms with Crippen LogP contribution in [-0.4, -0.2) is 34.2 Å². The van der Waals surface area contributed by atoms with E-state index in [2.05, 4.69) is 46.3 Å². The van der Waals surface area contributed by atoms with E-state index in [1.54, 1.807) is 11.1 Å². The molecule has 0 radical (unpaired) electrons. The zero-order valence-electron chi connectivity index (χ0n) is 17.7. The molecule has 0 unspecified atom stereocenters. The van der Waals surface area contributed by atoms with Gasteiger partial charge in [0, 0.05) is 30.4 Å². The lowest BCUT2D eigenvalue weighted by Crippen LogP contribution is -2.40. The van der Waals surface area contributed by atoms with Crippen LogP contribution in [0.4, 0.5) is 10.6 Å². The Balaban J connectivity index is 1.62. The van der Waals surface area contributed by atoms with Crippen LogP contribution >= 0.6 is 0 Å². The number of hydrogen-bond acceptors (Lipinski definition) is 4. The molecule has 1 atom stereocenters. The zero-order chi connectivity index (χ0) is 20.4. The summed E-state index contributed by atoms with van der Waals surface area (Å²) in [6, 6.07) is 15.2. The molecule has 1 aromatic heterocycles. The number of hydrogen-bond donors (Lipinski definition) is 0. The summed E-state index contributed by atoms with van der Waals surface area (Å²) in [7, 11) is 0. The molecule has 0 spiro atoms. The number of pyridine rings is 1. The number of nitrogens with zero attached hydrogens (tertiary/aromatic N) is 3. The van der Waals surface area contributed by atoms with Crippen LogP contribution in [0.5, 0.6) is 0 Å². The van der Waals surface area contributed by atoms with E-state index in [0.29, 0.717) is 0 Å². The second kappa shape index (κ2) is 8.15. The van der Waals surface area contributed by atoms with Crippen molar-refractivity contribution in [2.45, 2.75) is 70.7 Å². The molecule has 2 aliphatic rings. The number of ether oxygens (including phenoxy) is 1. The van der Waals surface area contributed by atoms with Gasteiger partial charge in [-0.25, -0.2) is 9.78 Å². The number of likely N-dealkylation sites (tertiary alicyclic amines) is 1. The van der Waals surface area contributed by atoms with E-state index in [1.165, 1.54) is 5.56 Å². The summed E-state index contributed by atoms with van der Waals surface area (Å²) in [5.41, 5.74) is 1.93. The molecule has 1 amide bonds. The highest BCUT2D eigenvalue weighted by molar-refractivity contribution is 5.89. The minimum Gasteiger partial charge on any atom is -0.443 e. The molecule has 0 N–H and O–H groups in total. The molecular weight excluding hydrogens is 362 g/mol. The average molecular weight is 394 g/mol. The Kier molecular flexibility index (Phi) is 5.59. The van der Waals surface area contributed by atoms with E-state index < -0.39 is 5.60 Å². The predicted molar refractivity (Wildman–Crippen MR) is 115 cm³/mol.